The Morgan fingerprint density at radius 2 is 1.81 bits per heavy atom. The van der Waals surface area contributed by atoms with Gasteiger partial charge in [0.2, 0.25) is 0 Å². The fourth-order valence-electron chi connectivity index (χ4n) is 1.38. The summed E-state index contributed by atoms with van der Waals surface area (Å²) in [5, 5.41) is 0. The van der Waals surface area contributed by atoms with E-state index in [0.29, 0.717) is 5.90 Å². The highest BCUT2D eigenvalue weighted by Crippen LogP contribution is 2.65. The fraction of sp³-hybridized carbons (Fsp3) is 0.222. The maximum Gasteiger partial charge on any atom is 0.332 e. The lowest BCUT2D eigenvalue weighted by molar-refractivity contribution is 0.239. The lowest BCUT2D eigenvalue weighted by Crippen LogP contribution is -2.38. The number of hydrogen-bond acceptors (Lipinski definition) is 1. The third-order valence-corrected chi connectivity index (χ3v) is 8.82. The summed E-state index contributed by atoms with van der Waals surface area (Å²) in [6.07, 6.45) is 0. The molecule has 3 nitrogen and oxygen atoms in total. The Balaban J connectivity index is 2.30. The van der Waals surface area contributed by atoms with E-state index in [4.69, 9.17) is 22.5 Å². The number of rotatable bonds is 1. The zero-order valence-corrected chi connectivity index (χ0v) is 11.8. The maximum absolute atomic E-state index is 12.1. The molecule has 2 rings (SSSR count). The number of amides is 2. The van der Waals surface area contributed by atoms with Crippen LogP contribution in [0.1, 0.15) is 0 Å². The highest BCUT2D eigenvalue weighted by atomic mass is 35.7. The summed E-state index contributed by atoms with van der Waals surface area (Å²) >= 11 is 12.3. The molecule has 0 bridgehead atoms. The van der Waals surface area contributed by atoms with Crippen molar-refractivity contribution in [2.75, 3.05) is 17.6 Å². The van der Waals surface area contributed by atoms with Crippen LogP contribution in [0, 0.1) is 0 Å². The highest BCUT2D eigenvalue weighted by Gasteiger charge is 2.37. The molecule has 1 saturated heterocycles. The predicted octanol–water partition coefficient (Wildman–Crippen LogP) is 4.62. The van der Waals surface area contributed by atoms with E-state index in [1.165, 1.54) is 0 Å². The molecule has 0 aromatic heterocycles. The number of benzene rings is 1. The van der Waals surface area contributed by atoms with Crippen molar-refractivity contribution in [1.82, 2.24) is 4.67 Å². The number of urea groups is 1. The highest BCUT2D eigenvalue weighted by molar-refractivity contribution is 7.99. The zero-order chi connectivity index (χ0) is 11.7. The molecule has 1 heterocycles. The number of carbonyl (C=O) groups excluding carboxylic acids is 1. The van der Waals surface area contributed by atoms with Gasteiger partial charge < -0.3 is 0 Å². The molecule has 2 amide bonds. The van der Waals surface area contributed by atoms with Crippen molar-refractivity contribution in [2.24, 2.45) is 0 Å². The predicted molar refractivity (Wildman–Crippen MR) is 72.5 cm³/mol. The summed E-state index contributed by atoms with van der Waals surface area (Å²) in [4.78, 5) is 12.1. The Hall–Kier alpha value is -0.0700. The van der Waals surface area contributed by atoms with Gasteiger partial charge in [-0.15, -0.1) is 0 Å². The molecule has 2 unspecified atom stereocenters. The van der Waals surface area contributed by atoms with E-state index in [1.54, 1.807) is 16.4 Å². The van der Waals surface area contributed by atoms with Crippen LogP contribution in [-0.4, -0.2) is 23.7 Å². The Kier molecular flexibility index (Phi) is 3.92. The summed E-state index contributed by atoms with van der Waals surface area (Å²) in [5.41, 5.74) is 0.834. The van der Waals surface area contributed by atoms with Crippen LogP contribution in [0.25, 0.3) is 0 Å². The van der Waals surface area contributed by atoms with Crippen molar-refractivity contribution in [1.29, 1.82) is 0 Å². The van der Waals surface area contributed by atoms with Crippen molar-refractivity contribution >= 4 is 49.1 Å². The Bertz CT molecular complexity index is 392. The molecule has 1 aliphatic rings. The van der Waals surface area contributed by atoms with Gasteiger partial charge in [-0.2, -0.15) is 0 Å². The minimum Gasteiger partial charge on any atom is -0.292 e. The van der Waals surface area contributed by atoms with Crippen LogP contribution < -0.4 is 4.67 Å². The molecule has 0 spiro atoms. The molecule has 1 aromatic rings. The van der Waals surface area contributed by atoms with Crippen LogP contribution in [0.15, 0.2) is 30.3 Å². The molecule has 16 heavy (non-hydrogen) atoms. The van der Waals surface area contributed by atoms with Crippen LogP contribution in [0.4, 0.5) is 10.5 Å². The molecule has 7 heteroatoms. The van der Waals surface area contributed by atoms with E-state index in [0.717, 1.165) is 5.69 Å². The van der Waals surface area contributed by atoms with E-state index in [9.17, 15) is 4.79 Å². The molecular formula is C9H10Cl2N2OP2. The SMILES string of the molecule is CN1C(=O)N(c2ccccc2)P(Cl)CP1Cl. The van der Waals surface area contributed by atoms with Gasteiger partial charge in [0.25, 0.3) is 0 Å². The standard InChI is InChI=1S/C9H10Cl2N2OP2/c1-12-9(14)13(16(11)7-15(12)10)8-5-3-2-4-6-8/h2-6H,7H2,1H3. The van der Waals surface area contributed by atoms with Crippen LogP contribution in [0.3, 0.4) is 0 Å². The normalized spacial score (nSPS) is 26.1. The first kappa shape index (κ1) is 12.4. The molecule has 86 valence electrons. The Labute approximate surface area is 107 Å². The number of nitrogens with zero attached hydrogens (tertiary/aromatic N) is 2. The van der Waals surface area contributed by atoms with Crippen LogP contribution in [0.5, 0.6) is 0 Å². The number of hydrogen-bond donors (Lipinski definition) is 0. The summed E-state index contributed by atoms with van der Waals surface area (Å²) < 4.78 is 3.21. The average molecular weight is 295 g/mol. The molecule has 1 aliphatic heterocycles. The first-order valence-electron chi connectivity index (χ1n) is 4.60. The van der Waals surface area contributed by atoms with E-state index in [1.807, 2.05) is 30.3 Å². The average Bonchev–Trinajstić information content (AvgIpc) is 2.28. The minimum absolute atomic E-state index is 0.111. The van der Waals surface area contributed by atoms with Gasteiger partial charge in [-0.05, 0) is 12.1 Å². The largest absolute Gasteiger partial charge is 0.332 e. The second kappa shape index (κ2) is 5.06. The van der Waals surface area contributed by atoms with Gasteiger partial charge in [-0.3, -0.25) is 9.34 Å². The van der Waals surface area contributed by atoms with Crippen LogP contribution >= 0.6 is 37.3 Å². The summed E-state index contributed by atoms with van der Waals surface area (Å²) in [6.45, 7) is 0. The zero-order valence-electron chi connectivity index (χ0n) is 8.55. The first-order valence-corrected chi connectivity index (χ1v) is 9.37. The second-order valence-electron chi connectivity index (χ2n) is 3.27. The smallest absolute Gasteiger partial charge is 0.292 e. The lowest BCUT2D eigenvalue weighted by Gasteiger charge is -2.38. The van der Waals surface area contributed by atoms with Crippen molar-refractivity contribution in [3.8, 4) is 0 Å². The number of halogens is 2. The van der Waals surface area contributed by atoms with Crippen LogP contribution in [-0.2, 0) is 0 Å². The monoisotopic (exact) mass is 294 g/mol. The molecule has 1 fully saturated rings. The summed E-state index contributed by atoms with van der Waals surface area (Å²) in [6, 6.07) is 9.34. The lowest BCUT2D eigenvalue weighted by atomic mass is 10.3. The molecule has 0 radical (unpaired) electrons. The van der Waals surface area contributed by atoms with Gasteiger partial charge in [-0.1, -0.05) is 40.7 Å². The minimum atomic E-state index is -1.03. The van der Waals surface area contributed by atoms with E-state index >= 15 is 0 Å². The maximum atomic E-state index is 12.1. The fourth-order valence-corrected chi connectivity index (χ4v) is 7.43. The van der Waals surface area contributed by atoms with E-state index < -0.39 is 14.9 Å². The molecule has 2 atom stereocenters. The van der Waals surface area contributed by atoms with Gasteiger partial charge in [0.1, 0.15) is 7.43 Å². The van der Waals surface area contributed by atoms with E-state index in [2.05, 4.69) is 0 Å². The van der Waals surface area contributed by atoms with E-state index in [-0.39, 0.29) is 6.03 Å². The van der Waals surface area contributed by atoms with Gasteiger partial charge in [-0.25, -0.2) is 4.79 Å². The molecule has 0 N–H and O–H groups in total. The molecular weight excluding hydrogens is 285 g/mol. The second-order valence-corrected chi connectivity index (χ2v) is 9.09. The molecule has 1 aromatic carbocycles. The van der Waals surface area contributed by atoms with Crippen LogP contribution in [0.2, 0.25) is 0 Å². The first-order chi connectivity index (χ1) is 7.61. The molecule has 0 saturated carbocycles. The summed E-state index contributed by atoms with van der Waals surface area (Å²) in [7, 11) is -0.244. The topological polar surface area (TPSA) is 23.6 Å². The van der Waals surface area contributed by atoms with Gasteiger partial charge in [0, 0.05) is 7.05 Å². The third-order valence-electron chi connectivity index (χ3n) is 2.23. The van der Waals surface area contributed by atoms with Crippen molar-refractivity contribution in [3.05, 3.63) is 30.3 Å². The third kappa shape index (κ3) is 2.28. The van der Waals surface area contributed by atoms with Gasteiger partial charge >= 0.3 is 6.03 Å². The Morgan fingerprint density at radius 3 is 2.44 bits per heavy atom. The van der Waals surface area contributed by atoms with Crippen molar-refractivity contribution in [3.63, 3.8) is 0 Å². The quantitative estimate of drug-likeness (QED) is 0.693. The van der Waals surface area contributed by atoms with Crippen molar-refractivity contribution < 1.29 is 4.79 Å². The molecule has 0 aliphatic carbocycles. The number of anilines is 1. The number of carbonyl (C=O) groups is 1. The Morgan fingerprint density at radius 1 is 1.19 bits per heavy atom. The van der Waals surface area contributed by atoms with Gasteiger partial charge in [0.15, 0.2) is 0 Å². The van der Waals surface area contributed by atoms with Gasteiger partial charge in [0.05, 0.1) is 19.0 Å². The van der Waals surface area contributed by atoms with Crippen molar-refractivity contribution in [2.45, 2.75) is 0 Å². The number of para-hydroxylation sites is 1. The summed E-state index contributed by atoms with van der Waals surface area (Å²) in [5.74, 6) is 0.672.